The van der Waals surface area contributed by atoms with Crippen LogP contribution in [0.4, 0.5) is 5.82 Å². The zero-order valence-corrected chi connectivity index (χ0v) is 17.7. The lowest BCUT2D eigenvalue weighted by molar-refractivity contribution is 0.00791. The van der Waals surface area contributed by atoms with Crippen molar-refractivity contribution in [2.45, 2.75) is 37.8 Å². The maximum atomic E-state index is 11.5. The highest BCUT2D eigenvalue weighted by atomic mass is 16.5. The summed E-state index contributed by atoms with van der Waals surface area (Å²) >= 11 is 0. The van der Waals surface area contributed by atoms with Crippen molar-refractivity contribution in [1.29, 1.82) is 0 Å². The Labute approximate surface area is 183 Å². The van der Waals surface area contributed by atoms with Gasteiger partial charge in [-0.25, -0.2) is 19.9 Å². The first kappa shape index (κ1) is 19.4. The summed E-state index contributed by atoms with van der Waals surface area (Å²) in [4.78, 5) is 29.2. The van der Waals surface area contributed by atoms with Gasteiger partial charge in [0.2, 0.25) is 0 Å². The lowest BCUT2D eigenvalue weighted by Gasteiger charge is -2.39. The van der Waals surface area contributed by atoms with Gasteiger partial charge in [0, 0.05) is 41.6 Å². The van der Waals surface area contributed by atoms with Crippen molar-refractivity contribution >= 4 is 27.8 Å². The van der Waals surface area contributed by atoms with Gasteiger partial charge in [-0.1, -0.05) is 0 Å². The number of anilines is 1. The zero-order valence-electron chi connectivity index (χ0n) is 17.7. The topological polar surface area (TPSA) is 128 Å². The van der Waals surface area contributed by atoms with Crippen LogP contribution in [0, 0.1) is 0 Å². The summed E-state index contributed by atoms with van der Waals surface area (Å²) in [5, 5.41) is 12.2. The number of rotatable bonds is 4. The molecule has 32 heavy (non-hydrogen) atoms. The average Bonchev–Trinajstić information content (AvgIpc) is 3.43. The van der Waals surface area contributed by atoms with E-state index in [4.69, 9.17) is 4.74 Å². The van der Waals surface area contributed by atoms with Gasteiger partial charge in [0.05, 0.1) is 18.6 Å². The Balaban J connectivity index is 1.27. The van der Waals surface area contributed by atoms with Gasteiger partial charge in [-0.15, -0.1) is 0 Å². The number of nitrogens with zero attached hydrogens (tertiary/aromatic N) is 4. The molecular weight excluding hydrogens is 408 g/mol. The van der Waals surface area contributed by atoms with E-state index >= 15 is 0 Å². The van der Waals surface area contributed by atoms with Crippen LogP contribution in [0.3, 0.4) is 0 Å². The third kappa shape index (κ3) is 3.55. The lowest BCUT2D eigenvalue weighted by atomic mass is 9.90. The first-order valence-electron chi connectivity index (χ1n) is 11.2. The molecule has 2 aliphatic rings. The second kappa shape index (κ2) is 8.03. The molecule has 0 spiro atoms. The predicted molar refractivity (Wildman–Crippen MR) is 122 cm³/mol. The van der Waals surface area contributed by atoms with Crippen LogP contribution in [0.15, 0.2) is 29.3 Å². The van der Waals surface area contributed by atoms with E-state index in [9.17, 15) is 4.79 Å². The fourth-order valence-corrected chi connectivity index (χ4v) is 5.11. The van der Waals surface area contributed by atoms with Gasteiger partial charge in [-0.2, -0.15) is 5.10 Å². The molecule has 0 atom stereocenters. The maximum absolute atomic E-state index is 11.5. The number of fused-ring (bicyclic) bond motifs is 3. The van der Waals surface area contributed by atoms with Crippen LogP contribution in [-0.4, -0.2) is 73.4 Å². The minimum Gasteiger partial charge on any atom is -0.379 e. The molecule has 6 rings (SSSR count). The Morgan fingerprint density at radius 3 is 2.69 bits per heavy atom. The van der Waals surface area contributed by atoms with Crippen molar-refractivity contribution in [2.75, 3.05) is 31.6 Å². The number of H-pyrrole nitrogens is 3. The zero-order chi connectivity index (χ0) is 21.5. The Kier molecular flexibility index (Phi) is 4.88. The number of benzene rings is 1. The number of nitrogens with one attached hydrogen (secondary N) is 4. The number of hydrogen-bond acceptors (Lipinski definition) is 7. The van der Waals surface area contributed by atoms with Crippen molar-refractivity contribution in [2.24, 2.45) is 0 Å². The molecule has 0 unspecified atom stereocenters. The van der Waals surface area contributed by atoms with Gasteiger partial charge in [0.1, 0.15) is 17.8 Å². The monoisotopic (exact) mass is 434 g/mol. The Morgan fingerprint density at radius 1 is 1.06 bits per heavy atom. The minimum atomic E-state index is -0.322. The molecule has 1 aliphatic heterocycles. The summed E-state index contributed by atoms with van der Waals surface area (Å²) in [7, 11) is 0. The molecule has 0 amide bonds. The van der Waals surface area contributed by atoms with Gasteiger partial charge < -0.3 is 15.0 Å². The molecule has 3 aromatic heterocycles. The Bertz CT molecular complexity index is 1290. The molecule has 1 saturated heterocycles. The molecule has 4 heterocycles. The molecule has 4 N–H and O–H groups in total. The summed E-state index contributed by atoms with van der Waals surface area (Å²) in [6, 6.07) is 6.98. The minimum absolute atomic E-state index is 0.322. The number of morpholine rings is 1. The van der Waals surface area contributed by atoms with Crippen molar-refractivity contribution in [3.8, 4) is 11.4 Å². The van der Waals surface area contributed by atoms with Crippen LogP contribution in [0.1, 0.15) is 25.7 Å². The molecule has 166 valence electrons. The van der Waals surface area contributed by atoms with E-state index in [1.54, 1.807) is 6.33 Å². The summed E-state index contributed by atoms with van der Waals surface area (Å²) in [5.41, 5.74) is 2.28. The molecule has 10 nitrogen and oxygen atoms in total. The number of ether oxygens (including phenoxy) is 1. The lowest BCUT2D eigenvalue weighted by Crippen LogP contribution is -2.46. The van der Waals surface area contributed by atoms with E-state index < -0.39 is 0 Å². The van der Waals surface area contributed by atoms with Gasteiger partial charge in [0.15, 0.2) is 5.82 Å². The van der Waals surface area contributed by atoms with Gasteiger partial charge in [-0.3, -0.25) is 9.88 Å². The fraction of sp³-hybridized carbons (Fsp3) is 0.455. The van der Waals surface area contributed by atoms with Crippen LogP contribution >= 0.6 is 0 Å². The van der Waals surface area contributed by atoms with Gasteiger partial charge in [-0.05, 0) is 43.9 Å². The second-order valence-electron chi connectivity index (χ2n) is 8.66. The van der Waals surface area contributed by atoms with Crippen molar-refractivity contribution in [1.82, 2.24) is 35.0 Å². The van der Waals surface area contributed by atoms with Crippen LogP contribution in [0.25, 0.3) is 33.3 Å². The Hall–Kier alpha value is -3.24. The fourth-order valence-electron chi connectivity index (χ4n) is 5.11. The SMILES string of the molecule is O=c1[nH]nc(-c2ccc3[nH]c4ncnc(NC5CCC(N6CCOCC6)CC5)c4c3c2)[nH]1. The Morgan fingerprint density at radius 2 is 1.91 bits per heavy atom. The highest BCUT2D eigenvalue weighted by Crippen LogP contribution is 2.33. The van der Waals surface area contributed by atoms with Crippen LogP contribution in [0.2, 0.25) is 0 Å². The summed E-state index contributed by atoms with van der Waals surface area (Å²) in [5.74, 6) is 1.36. The van der Waals surface area contributed by atoms with Gasteiger partial charge in [0.25, 0.3) is 0 Å². The summed E-state index contributed by atoms with van der Waals surface area (Å²) < 4.78 is 5.50. The number of hydrogen-bond donors (Lipinski definition) is 4. The third-order valence-electron chi connectivity index (χ3n) is 6.76. The molecule has 1 aliphatic carbocycles. The molecule has 1 aromatic carbocycles. The van der Waals surface area contributed by atoms with Crippen molar-refractivity contribution < 1.29 is 4.74 Å². The van der Waals surface area contributed by atoms with E-state index in [1.165, 1.54) is 12.8 Å². The first-order valence-corrected chi connectivity index (χ1v) is 11.2. The molecule has 1 saturated carbocycles. The smallest absolute Gasteiger partial charge is 0.340 e. The highest BCUT2D eigenvalue weighted by Gasteiger charge is 2.27. The quantitative estimate of drug-likeness (QED) is 0.388. The van der Waals surface area contributed by atoms with E-state index in [-0.39, 0.29) is 5.69 Å². The number of aromatic nitrogens is 6. The molecule has 2 fully saturated rings. The van der Waals surface area contributed by atoms with Crippen LogP contribution in [-0.2, 0) is 4.74 Å². The molecule has 4 aromatic rings. The van der Waals surface area contributed by atoms with E-state index in [0.717, 1.165) is 72.5 Å². The van der Waals surface area contributed by atoms with E-state index in [1.807, 2.05) is 18.2 Å². The van der Waals surface area contributed by atoms with Crippen LogP contribution in [0.5, 0.6) is 0 Å². The average molecular weight is 435 g/mol. The molecule has 10 heteroatoms. The van der Waals surface area contributed by atoms with Crippen molar-refractivity contribution in [3.05, 3.63) is 35.0 Å². The van der Waals surface area contributed by atoms with Crippen molar-refractivity contribution in [3.63, 3.8) is 0 Å². The second-order valence-corrected chi connectivity index (χ2v) is 8.66. The first-order chi connectivity index (χ1) is 15.7. The maximum Gasteiger partial charge on any atom is 0.340 e. The summed E-state index contributed by atoms with van der Waals surface area (Å²) in [6.45, 7) is 3.81. The normalized spacial score (nSPS) is 22.5. The molecular formula is C22H26N8O2. The largest absolute Gasteiger partial charge is 0.379 e. The summed E-state index contributed by atoms with van der Waals surface area (Å²) in [6.07, 6.45) is 6.23. The molecule has 0 radical (unpaired) electrons. The van der Waals surface area contributed by atoms with E-state index in [2.05, 4.69) is 40.3 Å². The van der Waals surface area contributed by atoms with Gasteiger partial charge >= 0.3 is 5.69 Å². The predicted octanol–water partition coefficient (Wildman–Crippen LogP) is 2.24. The van der Waals surface area contributed by atoms with E-state index in [0.29, 0.717) is 17.9 Å². The van der Waals surface area contributed by atoms with Crippen LogP contribution < -0.4 is 11.0 Å². The number of aromatic amines is 3. The highest BCUT2D eigenvalue weighted by molar-refractivity contribution is 6.12. The third-order valence-corrected chi connectivity index (χ3v) is 6.76. The standard InChI is InChI=1S/C22H26N8O2/c31-22-27-19(28-29-22)13-1-6-17-16(11-13)18-20(23-12-24-21(18)26-17)25-14-2-4-15(5-3-14)30-7-9-32-10-8-30/h1,6,11-12,14-15H,2-5,7-10H2,(H2,23,24,25,26)(H2,27,28,29,31). The molecule has 0 bridgehead atoms.